The van der Waals surface area contributed by atoms with Crippen molar-refractivity contribution in [1.29, 1.82) is 0 Å². The molecule has 1 saturated heterocycles. The van der Waals surface area contributed by atoms with Gasteiger partial charge in [-0.1, -0.05) is 27.7 Å². The number of piperidine rings is 1. The molecule has 0 unspecified atom stereocenters. The topological polar surface area (TPSA) is 49.3 Å². The summed E-state index contributed by atoms with van der Waals surface area (Å²) in [7, 11) is 0. The minimum Gasteiger partial charge on any atom is -0.356 e. The molecule has 0 aromatic carbocycles. The average molecular weight is 330 g/mol. The Bertz CT molecular complexity index is 627. The van der Waals surface area contributed by atoms with Gasteiger partial charge in [0.15, 0.2) is 0 Å². The summed E-state index contributed by atoms with van der Waals surface area (Å²) in [6, 6.07) is 0. The molecular formula is C19H30N4O. The largest absolute Gasteiger partial charge is 0.356 e. The molecule has 2 aliphatic rings. The first kappa shape index (κ1) is 17.2. The zero-order valence-electron chi connectivity index (χ0n) is 15.7. The van der Waals surface area contributed by atoms with Gasteiger partial charge in [0.05, 0.1) is 12.2 Å². The van der Waals surface area contributed by atoms with E-state index < -0.39 is 0 Å². The fourth-order valence-corrected chi connectivity index (χ4v) is 3.65. The normalized spacial score (nSPS) is 19.4. The maximum Gasteiger partial charge on any atom is 0.228 e. The number of anilines is 1. The van der Waals surface area contributed by atoms with E-state index in [1.807, 2.05) is 32.6 Å². The molecule has 0 N–H and O–H groups in total. The van der Waals surface area contributed by atoms with Crippen LogP contribution in [0.15, 0.2) is 0 Å². The van der Waals surface area contributed by atoms with Gasteiger partial charge in [-0.2, -0.15) is 0 Å². The van der Waals surface area contributed by atoms with E-state index in [0.29, 0.717) is 6.54 Å². The number of hydrogen-bond acceptors (Lipinski definition) is 4. The van der Waals surface area contributed by atoms with Crippen molar-refractivity contribution in [1.82, 2.24) is 14.9 Å². The number of aryl methyl sites for hydroxylation is 1. The second-order valence-electron chi connectivity index (χ2n) is 8.42. The fourth-order valence-electron chi connectivity index (χ4n) is 3.65. The standard InChI is InChI=1S/C19H30N4O/c1-13-6-9-22(10-7-13)17-15-12-23(18(24)19(3,4)5)11-8-16(15)20-14(2)21-17/h13H,6-12H2,1-5H3. The molecule has 0 radical (unpaired) electrons. The zero-order valence-corrected chi connectivity index (χ0v) is 15.7. The summed E-state index contributed by atoms with van der Waals surface area (Å²) < 4.78 is 0. The molecule has 5 nitrogen and oxygen atoms in total. The smallest absolute Gasteiger partial charge is 0.228 e. The number of hydrogen-bond donors (Lipinski definition) is 0. The summed E-state index contributed by atoms with van der Waals surface area (Å²) in [4.78, 5) is 26.5. The molecule has 0 bridgehead atoms. The van der Waals surface area contributed by atoms with Gasteiger partial charge in [0.25, 0.3) is 0 Å². The van der Waals surface area contributed by atoms with Crippen LogP contribution in [-0.4, -0.2) is 40.4 Å². The molecule has 1 amide bonds. The molecule has 1 aromatic rings. The Labute approximate surface area is 145 Å². The lowest BCUT2D eigenvalue weighted by Crippen LogP contribution is -2.44. The molecule has 0 saturated carbocycles. The van der Waals surface area contributed by atoms with Crippen molar-refractivity contribution >= 4 is 11.7 Å². The third-order valence-electron chi connectivity index (χ3n) is 5.16. The van der Waals surface area contributed by atoms with E-state index in [1.165, 1.54) is 18.4 Å². The van der Waals surface area contributed by atoms with Crippen LogP contribution in [0.4, 0.5) is 5.82 Å². The Morgan fingerprint density at radius 2 is 1.79 bits per heavy atom. The van der Waals surface area contributed by atoms with Gasteiger partial charge in [-0.25, -0.2) is 9.97 Å². The Morgan fingerprint density at radius 1 is 1.12 bits per heavy atom. The highest BCUT2D eigenvalue weighted by Gasteiger charge is 2.32. The summed E-state index contributed by atoms with van der Waals surface area (Å²) in [6.07, 6.45) is 3.25. The Morgan fingerprint density at radius 3 is 2.42 bits per heavy atom. The highest BCUT2D eigenvalue weighted by Crippen LogP contribution is 2.31. The van der Waals surface area contributed by atoms with Gasteiger partial charge >= 0.3 is 0 Å². The van der Waals surface area contributed by atoms with Gasteiger partial charge < -0.3 is 9.80 Å². The summed E-state index contributed by atoms with van der Waals surface area (Å²) in [6.45, 7) is 13.8. The second kappa shape index (κ2) is 6.34. The Hall–Kier alpha value is -1.65. The lowest BCUT2D eigenvalue weighted by Gasteiger charge is -2.37. The van der Waals surface area contributed by atoms with E-state index in [2.05, 4.69) is 16.8 Å². The molecule has 0 aliphatic carbocycles. The van der Waals surface area contributed by atoms with Gasteiger partial charge in [0.1, 0.15) is 11.6 Å². The van der Waals surface area contributed by atoms with Crippen LogP contribution in [0.3, 0.4) is 0 Å². The van der Waals surface area contributed by atoms with Crippen molar-refractivity contribution in [3.8, 4) is 0 Å². The Balaban J connectivity index is 1.90. The molecule has 3 rings (SSSR count). The van der Waals surface area contributed by atoms with Crippen molar-refractivity contribution in [2.75, 3.05) is 24.5 Å². The average Bonchev–Trinajstić information content (AvgIpc) is 2.53. The quantitative estimate of drug-likeness (QED) is 0.794. The van der Waals surface area contributed by atoms with E-state index in [4.69, 9.17) is 4.98 Å². The third-order valence-corrected chi connectivity index (χ3v) is 5.16. The number of rotatable bonds is 1. The van der Waals surface area contributed by atoms with Crippen molar-refractivity contribution in [3.05, 3.63) is 17.1 Å². The van der Waals surface area contributed by atoms with E-state index in [0.717, 1.165) is 49.3 Å². The van der Waals surface area contributed by atoms with Gasteiger partial charge in [-0.3, -0.25) is 4.79 Å². The Kier molecular flexibility index (Phi) is 4.54. The second-order valence-corrected chi connectivity index (χ2v) is 8.42. The third kappa shape index (κ3) is 3.40. The highest BCUT2D eigenvalue weighted by atomic mass is 16.2. The maximum atomic E-state index is 12.7. The van der Waals surface area contributed by atoms with Crippen molar-refractivity contribution in [3.63, 3.8) is 0 Å². The number of aromatic nitrogens is 2. The monoisotopic (exact) mass is 330 g/mol. The summed E-state index contributed by atoms with van der Waals surface area (Å²) in [5.74, 6) is 2.92. The molecule has 0 atom stereocenters. The fraction of sp³-hybridized carbons (Fsp3) is 0.737. The van der Waals surface area contributed by atoms with Crippen molar-refractivity contribution in [2.24, 2.45) is 11.3 Å². The lowest BCUT2D eigenvalue weighted by molar-refractivity contribution is -0.140. The predicted octanol–water partition coefficient (Wildman–Crippen LogP) is 2.95. The van der Waals surface area contributed by atoms with E-state index in [1.54, 1.807) is 0 Å². The molecular weight excluding hydrogens is 300 g/mol. The minimum atomic E-state index is -0.343. The molecule has 5 heteroatoms. The predicted molar refractivity (Wildman–Crippen MR) is 96.0 cm³/mol. The van der Waals surface area contributed by atoms with Crippen LogP contribution in [0.2, 0.25) is 0 Å². The van der Waals surface area contributed by atoms with Crippen LogP contribution >= 0.6 is 0 Å². The van der Waals surface area contributed by atoms with Gasteiger partial charge in [-0.05, 0) is 25.7 Å². The van der Waals surface area contributed by atoms with Crippen molar-refractivity contribution in [2.45, 2.75) is 60.4 Å². The molecule has 24 heavy (non-hydrogen) atoms. The molecule has 132 valence electrons. The summed E-state index contributed by atoms with van der Waals surface area (Å²) >= 11 is 0. The maximum absolute atomic E-state index is 12.7. The van der Waals surface area contributed by atoms with Crippen LogP contribution in [0, 0.1) is 18.3 Å². The van der Waals surface area contributed by atoms with Crippen LogP contribution in [0.25, 0.3) is 0 Å². The van der Waals surface area contributed by atoms with Gasteiger partial charge in [0, 0.05) is 37.0 Å². The number of amides is 1. The van der Waals surface area contributed by atoms with E-state index in [9.17, 15) is 4.79 Å². The first-order valence-corrected chi connectivity index (χ1v) is 9.16. The number of fused-ring (bicyclic) bond motifs is 1. The minimum absolute atomic E-state index is 0.215. The summed E-state index contributed by atoms with van der Waals surface area (Å²) in [5, 5.41) is 0. The van der Waals surface area contributed by atoms with Crippen LogP contribution in [-0.2, 0) is 17.8 Å². The molecule has 2 aliphatic heterocycles. The van der Waals surface area contributed by atoms with Crippen LogP contribution < -0.4 is 4.90 Å². The van der Waals surface area contributed by atoms with Gasteiger partial charge in [-0.15, -0.1) is 0 Å². The number of nitrogens with zero attached hydrogens (tertiary/aromatic N) is 4. The first-order valence-electron chi connectivity index (χ1n) is 9.16. The molecule has 1 aromatic heterocycles. The van der Waals surface area contributed by atoms with E-state index >= 15 is 0 Å². The SMILES string of the molecule is Cc1nc2c(c(N3CCC(C)CC3)n1)CN(C(=O)C(C)(C)C)CC2. The summed E-state index contributed by atoms with van der Waals surface area (Å²) in [5.41, 5.74) is 1.96. The van der Waals surface area contributed by atoms with Crippen molar-refractivity contribution < 1.29 is 4.79 Å². The van der Waals surface area contributed by atoms with Crippen LogP contribution in [0.1, 0.15) is 57.6 Å². The van der Waals surface area contributed by atoms with Gasteiger partial charge in [0.2, 0.25) is 5.91 Å². The molecule has 1 fully saturated rings. The molecule has 3 heterocycles. The zero-order chi connectivity index (χ0) is 17.5. The van der Waals surface area contributed by atoms with E-state index in [-0.39, 0.29) is 11.3 Å². The lowest BCUT2D eigenvalue weighted by atomic mass is 9.93. The number of carbonyl (C=O) groups excluding carboxylic acids is 1. The molecule has 0 spiro atoms. The number of carbonyl (C=O) groups is 1. The highest BCUT2D eigenvalue weighted by molar-refractivity contribution is 5.82. The van der Waals surface area contributed by atoms with Crippen LogP contribution in [0.5, 0.6) is 0 Å². The first-order chi connectivity index (χ1) is 11.3.